The van der Waals surface area contributed by atoms with E-state index in [4.69, 9.17) is 20.1 Å². The Labute approximate surface area is 560 Å². The minimum Gasteiger partial charge on any atom is -0.292 e. The molecule has 0 radical (unpaired) electrons. The lowest BCUT2D eigenvalue weighted by Crippen LogP contribution is -2.14. The number of rotatable bonds is 5. The van der Waals surface area contributed by atoms with Crippen molar-refractivity contribution >= 4 is 112 Å². The summed E-state index contributed by atoms with van der Waals surface area (Å²) >= 11 is 19.8. The number of aromatic nitrogens is 17. The van der Waals surface area contributed by atoms with Gasteiger partial charge in [-0.1, -0.05) is 99.3 Å². The predicted octanol–water partition coefficient (Wildman–Crippen LogP) is 17.9. The third-order valence-corrected chi connectivity index (χ3v) is 17.2. The van der Waals surface area contributed by atoms with Crippen LogP contribution in [0.4, 0.5) is 11.4 Å². The number of carbonyl (C=O) groups is 1. The summed E-state index contributed by atoms with van der Waals surface area (Å²) < 4.78 is 25.7. The Hall–Kier alpha value is -7.79. The molecule has 25 nitrogen and oxygen atoms in total. The van der Waals surface area contributed by atoms with E-state index in [2.05, 4.69) is 131 Å². The first-order chi connectivity index (χ1) is 45.4. The van der Waals surface area contributed by atoms with Crippen LogP contribution in [0.1, 0.15) is 196 Å². The lowest BCUT2D eigenvalue weighted by atomic mass is 9.96. The van der Waals surface area contributed by atoms with Crippen LogP contribution in [0.25, 0.3) is 65.7 Å². The van der Waals surface area contributed by atoms with Crippen LogP contribution in [0.3, 0.4) is 0 Å². The maximum absolute atomic E-state index is 11.3. The lowest BCUT2D eigenvalue weighted by molar-refractivity contribution is -0.384. The number of aryl methyl sites for hydroxylation is 6. The molecule has 7 aromatic heterocycles. The second-order valence-corrected chi connectivity index (χ2v) is 30.6. The van der Waals surface area contributed by atoms with Crippen LogP contribution < -0.4 is 0 Å². The van der Waals surface area contributed by atoms with Crippen molar-refractivity contribution in [1.82, 2.24) is 84.9 Å². The normalized spacial score (nSPS) is 16.1. The lowest BCUT2D eigenvalue weighted by Gasteiger charge is -2.18. The van der Waals surface area contributed by atoms with Crippen LogP contribution in [0.5, 0.6) is 0 Å². The van der Waals surface area contributed by atoms with E-state index in [9.17, 15) is 19.5 Å². The Morgan fingerprint density at radius 1 is 0.602 bits per heavy atom. The highest BCUT2D eigenvalue weighted by Crippen LogP contribution is 2.61. The fraction of sp³-hybridized carbons (Fsp3) is 0.476. The number of non-ortho nitro benzene ring substituents is 1. The van der Waals surface area contributed by atoms with Crippen molar-refractivity contribution in [3.8, 4) is 11.4 Å². The largest absolute Gasteiger partial charge is 0.339 e. The molecule has 0 unspecified atom stereocenters. The maximum Gasteiger partial charge on any atom is 0.339 e. The van der Waals surface area contributed by atoms with Gasteiger partial charge in [0.05, 0.1) is 34.4 Å². The Morgan fingerprint density at radius 3 is 1.58 bits per heavy atom. The second-order valence-electron chi connectivity index (χ2n) is 23.6. The Kier molecular flexibility index (Phi) is 23.7. The Morgan fingerprint density at radius 2 is 1.06 bits per heavy atom. The molecule has 490 valence electrons. The second kappa shape index (κ2) is 32.4. The molecule has 10 aromatic rings. The maximum atomic E-state index is 11.3. The van der Waals surface area contributed by atoms with Gasteiger partial charge in [0.1, 0.15) is 62.0 Å². The van der Waals surface area contributed by atoms with Crippen molar-refractivity contribution in [1.29, 1.82) is 0 Å². The van der Waals surface area contributed by atoms with Crippen LogP contribution in [0, 0.1) is 36.8 Å². The summed E-state index contributed by atoms with van der Waals surface area (Å²) in [6.07, 6.45) is 32.6. The smallest absolute Gasteiger partial charge is 0.292 e. The first-order valence-corrected chi connectivity index (χ1v) is 35.9. The van der Waals surface area contributed by atoms with E-state index < -0.39 is 10.1 Å². The molecule has 93 heavy (non-hydrogen) atoms. The number of nitro benzene ring substituents is 1. The molecule has 0 amide bonds. The Bertz CT molecular complexity index is 4180. The molecule has 3 aromatic carbocycles. The number of benzene rings is 3. The van der Waals surface area contributed by atoms with Gasteiger partial charge in [0.15, 0.2) is 5.78 Å². The first kappa shape index (κ1) is 68.1. The van der Waals surface area contributed by atoms with E-state index in [1.807, 2.05) is 62.1 Å². The summed E-state index contributed by atoms with van der Waals surface area (Å²) in [5.41, 5.74) is 20.2. The molecule has 0 saturated heterocycles. The zero-order chi connectivity index (χ0) is 66.9. The number of carbonyl (C=O) groups excluding carboxylic acids is 1. The van der Waals surface area contributed by atoms with Crippen LogP contribution in [-0.2, 0) is 23.8 Å². The average Bonchev–Trinajstić information content (AvgIpc) is 1.69. The Balaban J connectivity index is 0.000000146. The number of nitrogens with zero attached hydrogens (tertiary/aromatic N) is 21. The van der Waals surface area contributed by atoms with E-state index in [0.29, 0.717) is 41.8 Å². The zero-order valence-corrected chi connectivity index (χ0v) is 55.5. The van der Waals surface area contributed by atoms with Crippen LogP contribution in [-0.4, -0.2) is 95.6 Å². The van der Waals surface area contributed by atoms with Gasteiger partial charge in [0.2, 0.25) is 5.28 Å². The molecule has 16 rings (SSSR count). The number of hydrogen-bond acceptors (Lipinski definition) is 19. The highest BCUT2D eigenvalue weighted by atomic mass is 36.0. The van der Waals surface area contributed by atoms with Crippen LogP contribution in [0.15, 0.2) is 78.4 Å². The van der Waals surface area contributed by atoms with E-state index in [1.165, 1.54) is 120 Å². The summed E-state index contributed by atoms with van der Waals surface area (Å²) in [6, 6.07) is 14.7. The first-order valence-electron chi connectivity index (χ1n) is 32.1. The molecule has 4 fully saturated rings. The van der Waals surface area contributed by atoms with Crippen LogP contribution >= 0.6 is 50.5 Å². The molecule has 6 aliphatic carbocycles. The summed E-state index contributed by atoms with van der Waals surface area (Å²) in [5, 5.41) is 38.5. The van der Waals surface area contributed by atoms with Crippen molar-refractivity contribution in [2.75, 3.05) is 0 Å². The van der Waals surface area contributed by atoms with Crippen molar-refractivity contribution < 1.29 is 17.3 Å². The summed E-state index contributed by atoms with van der Waals surface area (Å²) in [4.78, 5) is 58.0. The molecule has 6 aliphatic rings. The molecule has 0 N–H and O–H groups in total. The molecule has 0 spiro atoms. The van der Waals surface area contributed by atoms with E-state index in [1.54, 1.807) is 12.4 Å². The minimum absolute atomic E-state index is 0. The van der Waals surface area contributed by atoms with Gasteiger partial charge in [0.25, 0.3) is 5.69 Å². The van der Waals surface area contributed by atoms with E-state index >= 15 is 0 Å². The fourth-order valence-corrected chi connectivity index (χ4v) is 12.6. The predicted molar refractivity (Wildman–Crippen MR) is 364 cm³/mol. The topological polar surface area (TPSA) is 321 Å². The highest BCUT2D eigenvalue weighted by molar-refractivity contribution is 8.24. The molecule has 0 aliphatic heterocycles. The van der Waals surface area contributed by atoms with Crippen molar-refractivity contribution in [3.63, 3.8) is 0 Å². The number of halogens is 4. The quantitative estimate of drug-likeness (QED) is 0.0294. The van der Waals surface area contributed by atoms with Gasteiger partial charge >= 0.3 is 5.20 Å². The highest BCUT2D eigenvalue weighted by Gasteiger charge is 2.30. The van der Waals surface area contributed by atoms with Gasteiger partial charge in [-0.25, -0.2) is 53.9 Å². The molecule has 30 heteroatoms. The molecule has 0 bridgehead atoms. The number of ketones is 1. The van der Waals surface area contributed by atoms with E-state index in [0.717, 1.165) is 123 Å². The van der Waals surface area contributed by atoms with Crippen molar-refractivity contribution in [2.45, 2.75) is 188 Å². The molecule has 7 heterocycles. The van der Waals surface area contributed by atoms with Gasteiger partial charge in [0, 0.05) is 67.7 Å². The fourth-order valence-electron chi connectivity index (χ4n) is 12.5. The SMILES string of the molecule is C.CC1CCCC1.Cc1ncc2c(n1)-c1c(nnn1C1CCCC1)CC2.Cc1ncc2c(n1)C(=O)CCC2.Cc1ncc2ccc3nnn(C4CCCC4)c3c2n1.Clc1ncc2ccc3nnn(C4CCCC4)c3c2n1.O=P(Cl)(Cl)Cl.[2H][2H].[N-]=[N+]=Nc1ccc([N+](=O)[O-])cc1. The average molecular weight is 1370 g/mol. The number of hydrogen-bond donors (Lipinski definition) is 0. The summed E-state index contributed by atoms with van der Waals surface area (Å²) in [5.74, 6) is 3.51. The van der Waals surface area contributed by atoms with Gasteiger partial charge in [-0.3, -0.25) is 19.5 Å². The monoisotopic (exact) mass is 1360 g/mol. The number of azide groups is 1. The third-order valence-electron chi connectivity index (χ3n) is 17.0. The summed E-state index contributed by atoms with van der Waals surface area (Å²) in [6.45, 7) is 8.01. The minimum atomic E-state index is -3.22. The van der Waals surface area contributed by atoms with E-state index in [-0.39, 0.29) is 24.2 Å². The third kappa shape index (κ3) is 18.1. The van der Waals surface area contributed by atoms with Gasteiger partial charge < -0.3 is 0 Å². The van der Waals surface area contributed by atoms with Crippen molar-refractivity contribution in [2.24, 2.45) is 11.0 Å². The number of fused-ring (bicyclic) bond motifs is 10. The van der Waals surface area contributed by atoms with Gasteiger partial charge in [-0.15, -0.1) is 15.3 Å². The van der Waals surface area contributed by atoms with Crippen molar-refractivity contribution in [3.05, 3.63) is 139 Å². The summed E-state index contributed by atoms with van der Waals surface area (Å²) in [7, 11) is 0. The molecule has 4 saturated carbocycles. The zero-order valence-electron chi connectivity index (χ0n) is 53.6. The molecular formula is C63H76Cl4N21O4P. The number of nitro groups is 1. The number of Topliss-reactive ketones (excluding diaryl/α,β-unsaturated/α-hetero) is 1. The van der Waals surface area contributed by atoms with Gasteiger partial charge in [-0.2, -0.15) is 0 Å². The standard InChI is InChI=1S/C14H17N5.C14H15N5.C13H12ClN5.C9H10N2O.C6H4N4O2.C6H12.CH4.Cl3OP.H2/c2*1-9-15-8-10-6-7-12-14(13(10)16-9)19(18-17-12)11-4-2-3-5-11;14-13-15-7-8-5-6-10-12(11(8)16-13)19(18-17-10)9-3-1-2-4-9;1-6-10-5-7-3-2-4-8(12)9(7)11-6;7-9-8-5-1-3-6(4-2-5)10(11)12;1-6-4-2-3-5-6;;1-5(2,3)4;/h8,11H,2-7H2,1H3;6-8,11H,2-5H2,1H3;5-7,9H,1-4H2;5H,2-4H2,1H3;1-4H;6H,2-5H2,1H3;1H4;;1H/i;;;;;;;;1+1D. The molecule has 0 atom stereocenters. The molecular weight excluding hydrogens is 1290 g/mol. The van der Waals surface area contributed by atoms with Gasteiger partial charge in [-0.05, 0) is 189 Å². The van der Waals surface area contributed by atoms with Crippen LogP contribution in [0.2, 0.25) is 5.28 Å².